The first-order valence-electron chi connectivity index (χ1n) is 7.92. The third kappa shape index (κ3) is 3.00. The van der Waals surface area contributed by atoms with Crippen molar-refractivity contribution in [3.8, 4) is 0 Å². The summed E-state index contributed by atoms with van der Waals surface area (Å²) >= 11 is 0. The van der Waals surface area contributed by atoms with Gasteiger partial charge < -0.3 is 10.2 Å². The second kappa shape index (κ2) is 6.39. The number of fused-ring (bicyclic) bond motifs is 1. The molecule has 1 aliphatic heterocycles. The molecule has 0 saturated carbocycles. The number of nitrogens with one attached hydrogen (secondary N) is 1. The Morgan fingerprint density at radius 2 is 2.38 bits per heavy atom. The molecule has 2 unspecified atom stereocenters. The lowest BCUT2D eigenvalue weighted by molar-refractivity contribution is 0.320. The van der Waals surface area contributed by atoms with Crippen molar-refractivity contribution in [1.29, 1.82) is 0 Å². The van der Waals surface area contributed by atoms with Gasteiger partial charge in [-0.05, 0) is 38.6 Å². The second-order valence-corrected chi connectivity index (χ2v) is 5.90. The molecular weight excluding hydrogens is 264 g/mol. The Labute approximate surface area is 125 Å². The molecule has 0 radical (unpaired) electrons. The van der Waals surface area contributed by atoms with Crippen LogP contribution in [-0.2, 0) is 0 Å². The highest BCUT2D eigenvalue weighted by atomic mass is 15.3. The zero-order chi connectivity index (χ0) is 14.7. The highest BCUT2D eigenvalue weighted by Crippen LogP contribution is 2.25. The van der Waals surface area contributed by atoms with Crippen LogP contribution in [0.15, 0.2) is 18.7 Å². The van der Waals surface area contributed by atoms with Gasteiger partial charge in [0.05, 0.1) is 0 Å². The summed E-state index contributed by atoms with van der Waals surface area (Å²) in [6.45, 7) is 7.70. The fraction of sp³-hybridized carbons (Fsp3) is 0.667. The SMILES string of the molecule is CCCNC(C)C1CCCN(c2nccn3cnnc23)C1. The van der Waals surface area contributed by atoms with E-state index in [0.29, 0.717) is 12.0 Å². The number of hydrogen-bond donors (Lipinski definition) is 1. The summed E-state index contributed by atoms with van der Waals surface area (Å²) in [5.41, 5.74) is 0.854. The zero-order valence-corrected chi connectivity index (χ0v) is 12.9. The van der Waals surface area contributed by atoms with E-state index in [-0.39, 0.29) is 0 Å². The van der Waals surface area contributed by atoms with Crippen LogP contribution in [0.1, 0.15) is 33.1 Å². The lowest BCUT2D eigenvalue weighted by atomic mass is 9.91. The van der Waals surface area contributed by atoms with Gasteiger partial charge in [-0.2, -0.15) is 0 Å². The Morgan fingerprint density at radius 1 is 1.48 bits per heavy atom. The summed E-state index contributed by atoms with van der Waals surface area (Å²) in [7, 11) is 0. The summed E-state index contributed by atoms with van der Waals surface area (Å²) in [5.74, 6) is 1.62. The molecule has 3 rings (SSSR count). The molecule has 1 aliphatic rings. The summed E-state index contributed by atoms with van der Waals surface area (Å²) in [5, 5.41) is 11.8. The van der Waals surface area contributed by atoms with Gasteiger partial charge in [-0.25, -0.2) is 4.98 Å². The van der Waals surface area contributed by atoms with E-state index in [4.69, 9.17) is 0 Å². The van der Waals surface area contributed by atoms with E-state index in [1.165, 1.54) is 19.3 Å². The minimum absolute atomic E-state index is 0.547. The second-order valence-electron chi connectivity index (χ2n) is 5.90. The van der Waals surface area contributed by atoms with Crippen LogP contribution < -0.4 is 10.2 Å². The van der Waals surface area contributed by atoms with E-state index in [2.05, 4.69) is 39.2 Å². The third-order valence-corrected chi connectivity index (χ3v) is 4.38. The van der Waals surface area contributed by atoms with Crippen molar-refractivity contribution in [3.63, 3.8) is 0 Å². The first-order chi connectivity index (χ1) is 10.3. The number of aromatic nitrogens is 4. The largest absolute Gasteiger partial charge is 0.353 e. The number of rotatable bonds is 5. The van der Waals surface area contributed by atoms with E-state index >= 15 is 0 Å². The van der Waals surface area contributed by atoms with Gasteiger partial charge in [0.25, 0.3) is 0 Å². The summed E-state index contributed by atoms with van der Waals surface area (Å²) in [6, 6.07) is 0.547. The van der Waals surface area contributed by atoms with Gasteiger partial charge >= 0.3 is 0 Å². The summed E-state index contributed by atoms with van der Waals surface area (Å²) < 4.78 is 1.94. The average Bonchev–Trinajstić information content (AvgIpc) is 3.01. The molecule has 2 atom stereocenters. The first-order valence-corrected chi connectivity index (χ1v) is 7.92. The van der Waals surface area contributed by atoms with Crippen molar-refractivity contribution in [2.24, 2.45) is 5.92 Å². The molecule has 0 aliphatic carbocycles. The highest BCUT2D eigenvalue weighted by Gasteiger charge is 2.26. The topological polar surface area (TPSA) is 58.4 Å². The standard InChI is InChI=1S/C15H24N6/c1-3-6-16-12(2)13-5-4-8-20(10-13)14-15-19-18-11-21(15)9-7-17-14/h7,9,11-13,16H,3-6,8,10H2,1-2H3. The maximum absolute atomic E-state index is 4.54. The molecule has 6 nitrogen and oxygen atoms in total. The van der Waals surface area contributed by atoms with E-state index in [1.54, 1.807) is 6.33 Å². The van der Waals surface area contributed by atoms with Crippen LogP contribution in [0.3, 0.4) is 0 Å². The van der Waals surface area contributed by atoms with Crippen molar-refractivity contribution in [1.82, 2.24) is 24.9 Å². The lowest BCUT2D eigenvalue weighted by Gasteiger charge is -2.36. The number of hydrogen-bond acceptors (Lipinski definition) is 5. The Kier molecular flexibility index (Phi) is 4.34. The van der Waals surface area contributed by atoms with Crippen molar-refractivity contribution in [2.75, 3.05) is 24.5 Å². The molecular formula is C15H24N6. The predicted octanol–water partition coefficient (Wildman–Crippen LogP) is 1.73. The van der Waals surface area contributed by atoms with Gasteiger partial charge in [-0.15, -0.1) is 10.2 Å². The number of nitrogens with zero attached hydrogens (tertiary/aromatic N) is 5. The van der Waals surface area contributed by atoms with Crippen LogP contribution in [-0.4, -0.2) is 45.3 Å². The normalized spacial score (nSPS) is 20.9. The fourth-order valence-corrected chi connectivity index (χ4v) is 3.12. The van der Waals surface area contributed by atoms with Gasteiger partial charge in [-0.3, -0.25) is 4.40 Å². The Hall–Kier alpha value is -1.69. The predicted molar refractivity (Wildman–Crippen MR) is 83.5 cm³/mol. The van der Waals surface area contributed by atoms with Gasteiger partial charge in [0.15, 0.2) is 5.82 Å². The summed E-state index contributed by atoms with van der Waals surface area (Å²) in [4.78, 5) is 6.90. The minimum Gasteiger partial charge on any atom is -0.353 e. The molecule has 2 aromatic rings. The van der Waals surface area contributed by atoms with Crippen molar-refractivity contribution >= 4 is 11.5 Å². The molecule has 0 spiro atoms. The summed E-state index contributed by atoms with van der Waals surface area (Å²) in [6.07, 6.45) is 9.12. The maximum atomic E-state index is 4.54. The zero-order valence-electron chi connectivity index (χ0n) is 12.9. The number of anilines is 1. The van der Waals surface area contributed by atoms with Crippen molar-refractivity contribution < 1.29 is 0 Å². The molecule has 0 bridgehead atoms. The minimum atomic E-state index is 0.547. The molecule has 3 heterocycles. The molecule has 6 heteroatoms. The molecule has 1 saturated heterocycles. The van der Waals surface area contributed by atoms with E-state index in [1.807, 2.05) is 16.8 Å². The third-order valence-electron chi connectivity index (χ3n) is 4.38. The average molecular weight is 288 g/mol. The van der Waals surface area contributed by atoms with Crippen LogP contribution >= 0.6 is 0 Å². The van der Waals surface area contributed by atoms with Gasteiger partial charge in [0.1, 0.15) is 6.33 Å². The Balaban J connectivity index is 1.75. The van der Waals surface area contributed by atoms with Crippen molar-refractivity contribution in [3.05, 3.63) is 18.7 Å². The lowest BCUT2D eigenvalue weighted by Crippen LogP contribution is -2.45. The molecule has 1 fully saturated rings. The molecule has 1 N–H and O–H groups in total. The molecule has 114 valence electrons. The highest BCUT2D eigenvalue weighted by molar-refractivity contribution is 5.63. The quantitative estimate of drug-likeness (QED) is 0.908. The first kappa shape index (κ1) is 14.3. The number of piperidine rings is 1. The maximum Gasteiger partial charge on any atom is 0.203 e. The smallest absolute Gasteiger partial charge is 0.203 e. The molecule has 0 amide bonds. The van der Waals surface area contributed by atoms with Crippen molar-refractivity contribution in [2.45, 2.75) is 39.2 Å². The van der Waals surface area contributed by atoms with Crippen LogP contribution in [0.2, 0.25) is 0 Å². The van der Waals surface area contributed by atoms with E-state index in [9.17, 15) is 0 Å². The van der Waals surface area contributed by atoms with Crippen LogP contribution in [0.5, 0.6) is 0 Å². The van der Waals surface area contributed by atoms with E-state index in [0.717, 1.165) is 31.1 Å². The van der Waals surface area contributed by atoms with Gasteiger partial charge in [0.2, 0.25) is 5.65 Å². The van der Waals surface area contributed by atoms with Crippen LogP contribution in [0.4, 0.5) is 5.82 Å². The molecule has 0 aromatic carbocycles. The van der Waals surface area contributed by atoms with Crippen LogP contribution in [0, 0.1) is 5.92 Å². The van der Waals surface area contributed by atoms with Crippen LogP contribution in [0.25, 0.3) is 5.65 Å². The molecule has 21 heavy (non-hydrogen) atoms. The fourth-order valence-electron chi connectivity index (χ4n) is 3.12. The Morgan fingerprint density at radius 3 is 3.24 bits per heavy atom. The monoisotopic (exact) mass is 288 g/mol. The Bertz CT molecular complexity index is 580. The molecule has 2 aromatic heterocycles. The van der Waals surface area contributed by atoms with E-state index < -0.39 is 0 Å². The van der Waals surface area contributed by atoms with Gasteiger partial charge in [-0.1, -0.05) is 6.92 Å². The van der Waals surface area contributed by atoms with Gasteiger partial charge in [0, 0.05) is 31.5 Å².